The highest BCUT2D eigenvalue weighted by Crippen LogP contribution is 2.60. The molecule has 2 N–H and O–H groups in total. The summed E-state index contributed by atoms with van der Waals surface area (Å²) in [6, 6.07) is 8.13. The van der Waals surface area contributed by atoms with E-state index in [2.05, 4.69) is 6.07 Å². The zero-order valence-corrected chi connectivity index (χ0v) is 17.8. The molecule has 158 valence electrons. The van der Waals surface area contributed by atoms with Gasteiger partial charge in [-0.1, -0.05) is 12.1 Å². The quantitative estimate of drug-likeness (QED) is 0.797. The van der Waals surface area contributed by atoms with Crippen molar-refractivity contribution in [2.24, 2.45) is 28.9 Å². The van der Waals surface area contributed by atoms with E-state index in [0.717, 1.165) is 66.7 Å². The first-order valence-electron chi connectivity index (χ1n) is 11.1. The Morgan fingerprint density at radius 3 is 2.67 bits per heavy atom. The van der Waals surface area contributed by atoms with Gasteiger partial charge >= 0.3 is 6.09 Å². The summed E-state index contributed by atoms with van der Waals surface area (Å²) in [5.41, 5.74) is 6.44. The maximum Gasteiger partial charge on any atom is 0.410 e. The molecule has 6 nitrogen and oxygen atoms in total. The second-order valence-electron chi connectivity index (χ2n) is 9.83. The third-order valence-electron chi connectivity index (χ3n) is 8.03. The standard InChI is InChI=1S/C23H27N3O3S/c24-21(27)23-10-13-8-14(11-23)19(15(9-13)12-23)29-22(28)26-7-3-5-17(26)20-25-16-4-1-2-6-18(16)30-20/h1-2,4,6,13-15,17,19H,3,5,7-12H2,(H2,24,27)/t13?,14-,15?,17?,19?,23-/m0/s1. The molecular formula is C23H27N3O3S. The number of nitrogens with zero attached hydrogens (tertiary/aromatic N) is 2. The number of ether oxygens (including phenoxy) is 1. The molecular weight excluding hydrogens is 398 g/mol. The van der Waals surface area contributed by atoms with E-state index in [-0.39, 0.29) is 41.4 Å². The number of hydrogen-bond donors (Lipinski definition) is 1. The lowest BCUT2D eigenvalue weighted by Gasteiger charge is -2.58. The molecule has 2 amide bonds. The largest absolute Gasteiger partial charge is 0.445 e. The van der Waals surface area contributed by atoms with E-state index in [0.29, 0.717) is 5.92 Å². The summed E-state index contributed by atoms with van der Waals surface area (Å²) in [6.45, 7) is 0.718. The number of aromatic nitrogens is 1. The third kappa shape index (κ3) is 2.77. The Morgan fingerprint density at radius 1 is 1.17 bits per heavy atom. The zero-order chi connectivity index (χ0) is 20.5. The number of benzene rings is 1. The van der Waals surface area contributed by atoms with Gasteiger partial charge in [-0.2, -0.15) is 0 Å². The molecule has 4 bridgehead atoms. The number of primary amides is 1. The van der Waals surface area contributed by atoms with E-state index in [9.17, 15) is 9.59 Å². The molecule has 0 radical (unpaired) electrons. The van der Waals surface area contributed by atoms with Gasteiger partial charge in [0.25, 0.3) is 0 Å². The Balaban J connectivity index is 1.20. The van der Waals surface area contributed by atoms with Gasteiger partial charge in [-0.3, -0.25) is 9.69 Å². The molecule has 4 saturated carbocycles. The average Bonchev–Trinajstić information content (AvgIpc) is 3.36. The molecule has 5 fully saturated rings. The highest BCUT2D eigenvalue weighted by molar-refractivity contribution is 7.18. The van der Waals surface area contributed by atoms with Gasteiger partial charge in [0, 0.05) is 6.54 Å². The normalized spacial score (nSPS) is 37.1. The number of thiazole rings is 1. The molecule has 2 heterocycles. The van der Waals surface area contributed by atoms with Crippen molar-refractivity contribution in [1.29, 1.82) is 0 Å². The summed E-state index contributed by atoms with van der Waals surface area (Å²) >= 11 is 1.68. The van der Waals surface area contributed by atoms with Crippen LogP contribution in [0.3, 0.4) is 0 Å². The lowest BCUT2D eigenvalue weighted by atomic mass is 9.48. The van der Waals surface area contributed by atoms with E-state index in [1.165, 1.54) is 0 Å². The van der Waals surface area contributed by atoms with E-state index in [1.54, 1.807) is 11.3 Å². The second-order valence-corrected chi connectivity index (χ2v) is 10.9. The first kappa shape index (κ1) is 18.6. The molecule has 0 spiro atoms. The highest BCUT2D eigenvalue weighted by Gasteiger charge is 2.59. The number of nitrogens with two attached hydrogens (primary N) is 1. The Labute approximate surface area is 179 Å². The molecule has 4 aliphatic carbocycles. The second kappa shape index (κ2) is 6.67. The molecule has 7 heteroatoms. The van der Waals surface area contributed by atoms with Crippen molar-refractivity contribution in [3.8, 4) is 0 Å². The number of rotatable bonds is 3. The summed E-state index contributed by atoms with van der Waals surface area (Å²) in [5.74, 6) is 0.960. The number of carbonyl (C=O) groups is 2. The van der Waals surface area contributed by atoms with Crippen molar-refractivity contribution in [1.82, 2.24) is 9.88 Å². The maximum atomic E-state index is 13.2. The fourth-order valence-corrected chi connectivity index (χ4v) is 8.05. The van der Waals surface area contributed by atoms with E-state index >= 15 is 0 Å². The first-order chi connectivity index (χ1) is 14.5. The molecule has 7 rings (SSSR count). The molecule has 1 aromatic carbocycles. The highest BCUT2D eigenvalue weighted by atomic mass is 32.1. The van der Waals surface area contributed by atoms with Gasteiger partial charge in [0.2, 0.25) is 5.91 Å². The topological polar surface area (TPSA) is 85.5 Å². The van der Waals surface area contributed by atoms with Gasteiger partial charge in [0.15, 0.2) is 0 Å². The summed E-state index contributed by atoms with van der Waals surface area (Å²) in [6.07, 6.45) is 6.25. The van der Waals surface area contributed by atoms with Gasteiger partial charge in [-0.05, 0) is 74.8 Å². The van der Waals surface area contributed by atoms with Crippen LogP contribution in [0.2, 0.25) is 0 Å². The molecule has 2 aromatic rings. The van der Waals surface area contributed by atoms with E-state index < -0.39 is 0 Å². The average molecular weight is 426 g/mol. The van der Waals surface area contributed by atoms with Crippen molar-refractivity contribution in [2.75, 3.05) is 6.54 Å². The smallest absolute Gasteiger partial charge is 0.410 e. The van der Waals surface area contributed by atoms with Gasteiger partial charge < -0.3 is 10.5 Å². The van der Waals surface area contributed by atoms with Gasteiger partial charge in [0.05, 0.1) is 21.7 Å². The minimum absolute atomic E-state index is 0.00342. The van der Waals surface area contributed by atoms with Crippen molar-refractivity contribution in [3.63, 3.8) is 0 Å². The van der Waals surface area contributed by atoms with Crippen molar-refractivity contribution < 1.29 is 14.3 Å². The zero-order valence-electron chi connectivity index (χ0n) is 17.0. The fraction of sp³-hybridized carbons (Fsp3) is 0.609. The van der Waals surface area contributed by atoms with Crippen LogP contribution in [0.25, 0.3) is 10.2 Å². The number of para-hydroxylation sites is 1. The molecule has 6 atom stereocenters. The number of carbonyl (C=O) groups excluding carboxylic acids is 2. The lowest BCUT2D eigenvalue weighted by Crippen LogP contribution is -2.59. The van der Waals surface area contributed by atoms with Gasteiger partial charge in [0.1, 0.15) is 11.1 Å². The number of fused-ring (bicyclic) bond motifs is 1. The van der Waals surface area contributed by atoms with Crippen LogP contribution in [0.5, 0.6) is 0 Å². The maximum absolute atomic E-state index is 13.2. The molecule has 1 aliphatic heterocycles. The summed E-state index contributed by atoms with van der Waals surface area (Å²) in [7, 11) is 0. The Morgan fingerprint density at radius 2 is 1.93 bits per heavy atom. The van der Waals surface area contributed by atoms with Crippen LogP contribution in [0.4, 0.5) is 4.79 Å². The minimum Gasteiger partial charge on any atom is -0.445 e. The summed E-state index contributed by atoms with van der Waals surface area (Å²) < 4.78 is 7.33. The van der Waals surface area contributed by atoms with Crippen LogP contribution in [0.15, 0.2) is 24.3 Å². The Kier molecular flexibility index (Phi) is 4.14. The number of amides is 2. The van der Waals surface area contributed by atoms with E-state index in [4.69, 9.17) is 15.5 Å². The SMILES string of the molecule is NC(=O)[C@]12CC3CC(C1)C(OC(=O)N1CCCC1c1nc4ccccc4s1)[C@@H](C3)C2. The molecule has 4 unspecified atom stereocenters. The van der Waals surface area contributed by atoms with Crippen LogP contribution in [0.1, 0.15) is 56.0 Å². The van der Waals surface area contributed by atoms with Crippen molar-refractivity contribution in [2.45, 2.75) is 57.1 Å². The first-order valence-corrected chi connectivity index (χ1v) is 12.0. The van der Waals surface area contributed by atoms with Crippen molar-refractivity contribution in [3.05, 3.63) is 29.3 Å². The monoisotopic (exact) mass is 425 g/mol. The van der Waals surface area contributed by atoms with Gasteiger partial charge in [-0.15, -0.1) is 11.3 Å². The number of hydrogen-bond acceptors (Lipinski definition) is 5. The lowest BCUT2D eigenvalue weighted by molar-refractivity contribution is -0.161. The summed E-state index contributed by atoms with van der Waals surface area (Å²) in [4.78, 5) is 32.1. The fourth-order valence-electron chi connectivity index (χ4n) is 6.93. The third-order valence-corrected chi connectivity index (χ3v) is 9.17. The molecule has 5 aliphatic rings. The van der Waals surface area contributed by atoms with Crippen LogP contribution in [-0.2, 0) is 9.53 Å². The molecule has 1 saturated heterocycles. The van der Waals surface area contributed by atoms with Crippen LogP contribution in [0, 0.1) is 23.2 Å². The van der Waals surface area contributed by atoms with Crippen LogP contribution < -0.4 is 5.73 Å². The Hall–Kier alpha value is -2.15. The van der Waals surface area contributed by atoms with E-state index in [1.807, 2.05) is 23.1 Å². The molecule has 1 aromatic heterocycles. The van der Waals surface area contributed by atoms with Crippen LogP contribution in [-0.4, -0.2) is 34.5 Å². The number of likely N-dealkylation sites (tertiary alicyclic amines) is 1. The van der Waals surface area contributed by atoms with Crippen molar-refractivity contribution >= 4 is 33.6 Å². The molecule has 30 heavy (non-hydrogen) atoms. The predicted octanol–water partition coefficient (Wildman–Crippen LogP) is 4.25. The van der Waals surface area contributed by atoms with Gasteiger partial charge in [-0.25, -0.2) is 9.78 Å². The minimum atomic E-state index is -0.351. The van der Waals surface area contributed by atoms with Crippen LogP contribution >= 0.6 is 11.3 Å². The predicted molar refractivity (Wildman–Crippen MR) is 114 cm³/mol. The summed E-state index contributed by atoms with van der Waals surface area (Å²) in [5, 5.41) is 1.00. The Bertz CT molecular complexity index is 971.